The maximum Gasteiger partial charge on any atom is 0.299 e. The molecular weight excluding hydrogens is 332 g/mol. The van der Waals surface area contributed by atoms with E-state index < -0.39 is 5.91 Å². The first kappa shape index (κ1) is 15.8. The quantitative estimate of drug-likeness (QED) is 0.499. The monoisotopic (exact) mass is 342 g/mol. The van der Waals surface area contributed by atoms with Crippen molar-refractivity contribution in [3.63, 3.8) is 0 Å². The Morgan fingerprint density at radius 1 is 1.33 bits per heavy atom. The third-order valence-corrected chi connectivity index (χ3v) is 4.65. The predicted octanol–water partition coefficient (Wildman–Crippen LogP) is 2.18. The Kier molecular flexibility index (Phi) is 5.59. The van der Waals surface area contributed by atoms with Crippen LogP contribution in [0.3, 0.4) is 0 Å². The fourth-order valence-electron chi connectivity index (χ4n) is 1.11. The van der Waals surface area contributed by atoms with Gasteiger partial charge in [-0.1, -0.05) is 48.4 Å². The standard InChI is InChI=1S/C10H10N6O2S3/c1-3-19-10-16-15-9(21-10)11-6(17)4-20-8-12-7(18)5(2)13-14-8/h2-4H2,1H3,(H,11,15,17). The van der Waals surface area contributed by atoms with Crippen molar-refractivity contribution < 1.29 is 9.59 Å². The highest BCUT2D eigenvalue weighted by Gasteiger charge is 2.15. The van der Waals surface area contributed by atoms with Crippen molar-refractivity contribution in [1.82, 2.24) is 10.2 Å². The minimum absolute atomic E-state index is 0.0152. The fraction of sp³-hybridized carbons (Fsp3) is 0.300. The summed E-state index contributed by atoms with van der Waals surface area (Å²) in [6.45, 7) is 5.39. The van der Waals surface area contributed by atoms with Gasteiger partial charge in [-0.15, -0.1) is 20.4 Å². The van der Waals surface area contributed by atoms with E-state index >= 15 is 0 Å². The number of aromatic nitrogens is 2. The van der Waals surface area contributed by atoms with Gasteiger partial charge >= 0.3 is 0 Å². The maximum atomic E-state index is 11.7. The van der Waals surface area contributed by atoms with Crippen molar-refractivity contribution in [1.29, 1.82) is 0 Å². The molecule has 2 amide bonds. The second kappa shape index (κ2) is 7.43. The van der Waals surface area contributed by atoms with Crippen LogP contribution in [0.15, 0.2) is 31.8 Å². The Bertz CT molecular complexity index is 638. The molecule has 0 fully saturated rings. The molecule has 110 valence electrons. The van der Waals surface area contributed by atoms with Gasteiger partial charge < -0.3 is 0 Å². The molecule has 0 saturated carbocycles. The first-order valence-electron chi connectivity index (χ1n) is 5.71. The second-order valence-electron chi connectivity index (χ2n) is 3.49. The number of amides is 2. The molecule has 2 rings (SSSR count). The highest BCUT2D eigenvalue weighted by Crippen LogP contribution is 2.25. The number of azo groups is 1. The van der Waals surface area contributed by atoms with E-state index in [1.54, 1.807) is 11.8 Å². The van der Waals surface area contributed by atoms with Crippen molar-refractivity contribution in [3.05, 3.63) is 12.3 Å². The van der Waals surface area contributed by atoms with Crippen molar-refractivity contribution >= 4 is 57.0 Å². The molecule has 0 aromatic carbocycles. The summed E-state index contributed by atoms with van der Waals surface area (Å²) in [5.74, 6) is 0.118. The number of hydrogen-bond donors (Lipinski definition) is 1. The number of aliphatic imine (C=N–C) groups is 1. The lowest BCUT2D eigenvalue weighted by Crippen LogP contribution is -2.15. The molecule has 1 aliphatic heterocycles. The van der Waals surface area contributed by atoms with E-state index in [1.807, 2.05) is 6.92 Å². The third kappa shape index (κ3) is 4.72. The van der Waals surface area contributed by atoms with Gasteiger partial charge in [0.05, 0.1) is 5.75 Å². The second-order valence-corrected chi connectivity index (χ2v) is 6.92. The topological polar surface area (TPSA) is 109 Å². The van der Waals surface area contributed by atoms with Gasteiger partial charge in [0.25, 0.3) is 5.91 Å². The molecule has 0 unspecified atom stereocenters. The van der Waals surface area contributed by atoms with Crippen molar-refractivity contribution in [2.45, 2.75) is 11.3 Å². The van der Waals surface area contributed by atoms with Crippen molar-refractivity contribution in [2.24, 2.45) is 15.2 Å². The van der Waals surface area contributed by atoms with Crippen LogP contribution in [-0.2, 0) is 9.59 Å². The Morgan fingerprint density at radius 2 is 2.14 bits per heavy atom. The van der Waals surface area contributed by atoms with Crippen LogP contribution in [0, 0.1) is 0 Å². The SMILES string of the molecule is C=C1N=NC(SCC(=O)Nc2nnc(SCC)s2)=NC1=O. The molecule has 0 aliphatic carbocycles. The Hall–Kier alpha value is -1.59. The van der Waals surface area contributed by atoms with Gasteiger partial charge in [0.1, 0.15) is 5.70 Å². The zero-order valence-corrected chi connectivity index (χ0v) is 13.3. The Morgan fingerprint density at radius 3 is 2.86 bits per heavy atom. The van der Waals surface area contributed by atoms with E-state index in [4.69, 9.17) is 0 Å². The zero-order chi connectivity index (χ0) is 15.2. The number of anilines is 1. The lowest BCUT2D eigenvalue weighted by atomic mass is 10.5. The molecule has 2 heterocycles. The predicted molar refractivity (Wildman–Crippen MR) is 83.8 cm³/mol. The molecule has 11 heteroatoms. The number of hydrogen-bond acceptors (Lipinski definition) is 9. The van der Waals surface area contributed by atoms with Crippen LogP contribution in [-0.4, -0.2) is 38.7 Å². The number of nitrogens with one attached hydrogen (secondary N) is 1. The molecule has 0 atom stereocenters. The lowest BCUT2D eigenvalue weighted by molar-refractivity contribution is -0.115. The van der Waals surface area contributed by atoms with Crippen LogP contribution in [0.4, 0.5) is 5.13 Å². The third-order valence-electron chi connectivity index (χ3n) is 1.95. The van der Waals surface area contributed by atoms with E-state index in [-0.39, 0.29) is 22.5 Å². The van der Waals surface area contributed by atoms with E-state index in [0.29, 0.717) is 5.13 Å². The molecule has 21 heavy (non-hydrogen) atoms. The highest BCUT2D eigenvalue weighted by molar-refractivity contribution is 8.14. The smallest absolute Gasteiger partial charge is 0.299 e. The molecule has 0 bridgehead atoms. The van der Waals surface area contributed by atoms with Crippen LogP contribution >= 0.6 is 34.9 Å². The summed E-state index contributed by atoms with van der Waals surface area (Å²) in [7, 11) is 0. The first-order chi connectivity index (χ1) is 10.1. The number of thioether (sulfide) groups is 2. The van der Waals surface area contributed by atoms with Gasteiger partial charge in [0.15, 0.2) is 4.34 Å². The van der Waals surface area contributed by atoms with Gasteiger partial charge in [0, 0.05) is 0 Å². The average molecular weight is 342 g/mol. The summed E-state index contributed by atoms with van der Waals surface area (Å²) in [5, 5.41) is 18.2. The van der Waals surface area contributed by atoms with Crippen LogP contribution in [0.25, 0.3) is 0 Å². The van der Waals surface area contributed by atoms with Crippen LogP contribution in [0.1, 0.15) is 6.92 Å². The summed E-state index contributed by atoms with van der Waals surface area (Å²) < 4.78 is 0.801. The van der Waals surface area contributed by atoms with Crippen molar-refractivity contribution in [3.8, 4) is 0 Å². The summed E-state index contributed by atoms with van der Waals surface area (Å²) in [4.78, 5) is 26.6. The number of carbonyl (C=O) groups excluding carboxylic acids is 2. The van der Waals surface area contributed by atoms with Crippen molar-refractivity contribution in [2.75, 3.05) is 16.8 Å². The largest absolute Gasteiger partial charge is 0.300 e. The molecular formula is C10H10N6O2S3. The summed E-state index contributed by atoms with van der Waals surface area (Å²) in [6, 6.07) is 0. The van der Waals surface area contributed by atoms with E-state index in [2.05, 4.69) is 37.3 Å². The van der Waals surface area contributed by atoms with Crippen LogP contribution in [0.2, 0.25) is 0 Å². The zero-order valence-electron chi connectivity index (χ0n) is 10.9. The molecule has 8 nitrogen and oxygen atoms in total. The number of carbonyl (C=O) groups is 2. The highest BCUT2D eigenvalue weighted by atomic mass is 32.2. The molecule has 0 radical (unpaired) electrons. The average Bonchev–Trinajstić information content (AvgIpc) is 2.88. The molecule has 0 saturated heterocycles. The summed E-state index contributed by atoms with van der Waals surface area (Å²) >= 11 is 3.88. The number of amidine groups is 1. The first-order valence-corrected chi connectivity index (χ1v) is 8.50. The Balaban J connectivity index is 1.82. The van der Waals surface area contributed by atoms with Gasteiger partial charge in [-0.3, -0.25) is 14.9 Å². The van der Waals surface area contributed by atoms with Gasteiger partial charge in [0.2, 0.25) is 16.2 Å². The maximum absolute atomic E-state index is 11.7. The van der Waals surface area contributed by atoms with Crippen LogP contribution < -0.4 is 5.32 Å². The lowest BCUT2D eigenvalue weighted by Gasteiger charge is -2.03. The molecule has 1 N–H and O–H groups in total. The molecule has 1 aromatic heterocycles. The fourth-order valence-corrected chi connectivity index (χ4v) is 3.35. The normalized spacial score (nSPS) is 14.2. The minimum Gasteiger partial charge on any atom is -0.300 e. The van der Waals surface area contributed by atoms with Gasteiger partial charge in [-0.2, -0.15) is 4.99 Å². The summed E-state index contributed by atoms with van der Waals surface area (Å²) in [5.41, 5.74) is -0.0152. The van der Waals surface area contributed by atoms with E-state index in [9.17, 15) is 9.59 Å². The Labute approximate surface area is 132 Å². The van der Waals surface area contributed by atoms with Gasteiger partial charge in [-0.25, -0.2) is 0 Å². The van der Waals surface area contributed by atoms with Gasteiger partial charge in [-0.05, 0) is 5.75 Å². The van der Waals surface area contributed by atoms with Crippen LogP contribution in [0.5, 0.6) is 0 Å². The number of rotatable bonds is 5. The number of nitrogens with zero attached hydrogens (tertiary/aromatic N) is 5. The molecule has 1 aliphatic rings. The summed E-state index contributed by atoms with van der Waals surface area (Å²) in [6.07, 6.45) is 0. The molecule has 0 spiro atoms. The van der Waals surface area contributed by atoms with E-state index in [0.717, 1.165) is 21.9 Å². The van der Waals surface area contributed by atoms with E-state index in [1.165, 1.54) is 11.3 Å². The molecule has 1 aromatic rings. The minimum atomic E-state index is -0.543.